The molecule has 0 bridgehead atoms. The van der Waals surface area contributed by atoms with Gasteiger partial charge in [0.05, 0.1) is 30.8 Å². The second kappa shape index (κ2) is 8.24. The Morgan fingerprint density at radius 3 is 2.41 bits per heavy atom. The van der Waals surface area contributed by atoms with Gasteiger partial charge in [0, 0.05) is 5.56 Å². The van der Waals surface area contributed by atoms with Crippen molar-refractivity contribution in [1.29, 1.82) is 0 Å². The van der Waals surface area contributed by atoms with Crippen LogP contribution in [0.3, 0.4) is 0 Å². The molecule has 27 heavy (non-hydrogen) atoms. The second-order valence-corrected chi connectivity index (χ2v) is 7.64. The van der Waals surface area contributed by atoms with Crippen LogP contribution in [0.4, 0.5) is 4.39 Å². The average Bonchev–Trinajstić information content (AvgIpc) is 2.68. The predicted octanol–water partition coefficient (Wildman–Crippen LogP) is 2.91. The van der Waals surface area contributed by atoms with Gasteiger partial charge in [-0.2, -0.15) is 0 Å². The molecule has 0 aliphatic heterocycles. The fourth-order valence-corrected chi connectivity index (χ4v) is 3.55. The molecule has 0 amide bonds. The fraction of sp³-hybridized carbons (Fsp3) is 0.158. The molecule has 3 rings (SSSR count). The maximum atomic E-state index is 12.9. The van der Waals surface area contributed by atoms with Crippen molar-refractivity contribution in [2.24, 2.45) is 0 Å². The van der Waals surface area contributed by atoms with E-state index in [1.54, 1.807) is 13.2 Å². The van der Waals surface area contributed by atoms with Gasteiger partial charge in [0.1, 0.15) is 17.9 Å². The molecular weight excluding hydrogens is 369 g/mol. The Morgan fingerprint density at radius 2 is 1.74 bits per heavy atom. The van der Waals surface area contributed by atoms with Crippen molar-refractivity contribution in [3.8, 4) is 17.0 Å². The predicted molar refractivity (Wildman–Crippen MR) is 99.9 cm³/mol. The standard InChI is InChI=1S/C19H18FN3O3S/c1-26-18-8-4-15(5-9-18)19-10-17(21-13-22-19)11-23-27(24,25)12-14-2-6-16(20)7-3-14/h2-10,13,23H,11-12H2,1H3. The van der Waals surface area contributed by atoms with Gasteiger partial charge in [-0.15, -0.1) is 0 Å². The molecule has 0 aliphatic rings. The monoisotopic (exact) mass is 387 g/mol. The largest absolute Gasteiger partial charge is 0.497 e. The van der Waals surface area contributed by atoms with Crippen LogP contribution < -0.4 is 9.46 Å². The van der Waals surface area contributed by atoms with E-state index in [4.69, 9.17) is 4.74 Å². The Bertz CT molecular complexity index is 1010. The highest BCUT2D eigenvalue weighted by Crippen LogP contribution is 2.20. The summed E-state index contributed by atoms with van der Waals surface area (Å²) in [5.41, 5.74) is 2.60. The lowest BCUT2D eigenvalue weighted by molar-refractivity contribution is 0.415. The molecule has 6 nitrogen and oxygen atoms in total. The van der Waals surface area contributed by atoms with Crippen LogP contribution in [0.2, 0.25) is 0 Å². The Morgan fingerprint density at radius 1 is 1.04 bits per heavy atom. The molecule has 3 aromatic rings. The zero-order valence-electron chi connectivity index (χ0n) is 14.6. The van der Waals surface area contributed by atoms with Gasteiger partial charge < -0.3 is 4.74 Å². The van der Waals surface area contributed by atoms with E-state index in [2.05, 4.69) is 14.7 Å². The van der Waals surface area contributed by atoms with Crippen molar-refractivity contribution in [1.82, 2.24) is 14.7 Å². The van der Waals surface area contributed by atoms with Gasteiger partial charge in [0.25, 0.3) is 0 Å². The van der Waals surface area contributed by atoms with Crippen molar-refractivity contribution in [2.45, 2.75) is 12.3 Å². The van der Waals surface area contributed by atoms with Crippen LogP contribution in [0.25, 0.3) is 11.3 Å². The summed E-state index contributed by atoms with van der Waals surface area (Å²) in [5, 5.41) is 0. The van der Waals surface area contributed by atoms with Crippen LogP contribution in [0, 0.1) is 5.82 Å². The molecule has 0 radical (unpaired) electrons. The molecule has 0 saturated carbocycles. The Hall–Kier alpha value is -2.84. The van der Waals surface area contributed by atoms with Gasteiger partial charge in [-0.25, -0.2) is 27.5 Å². The van der Waals surface area contributed by atoms with Gasteiger partial charge in [-0.1, -0.05) is 12.1 Å². The molecule has 1 heterocycles. The first-order valence-corrected chi connectivity index (χ1v) is 9.77. The third-order valence-corrected chi connectivity index (χ3v) is 5.15. The maximum absolute atomic E-state index is 12.9. The molecule has 0 atom stereocenters. The first kappa shape index (κ1) is 18.9. The highest BCUT2D eigenvalue weighted by atomic mass is 32.2. The first-order chi connectivity index (χ1) is 12.9. The highest BCUT2D eigenvalue weighted by molar-refractivity contribution is 7.88. The highest BCUT2D eigenvalue weighted by Gasteiger charge is 2.12. The minimum absolute atomic E-state index is 0.0369. The van der Waals surface area contributed by atoms with E-state index < -0.39 is 15.8 Å². The molecule has 8 heteroatoms. The van der Waals surface area contributed by atoms with Crippen molar-refractivity contribution in [3.05, 3.63) is 78.0 Å². The van der Waals surface area contributed by atoms with Crippen molar-refractivity contribution in [2.75, 3.05) is 7.11 Å². The zero-order valence-corrected chi connectivity index (χ0v) is 15.4. The van der Waals surface area contributed by atoms with Gasteiger partial charge >= 0.3 is 0 Å². The SMILES string of the molecule is COc1ccc(-c2cc(CNS(=O)(=O)Cc3ccc(F)cc3)ncn2)cc1. The number of methoxy groups -OCH3 is 1. The molecule has 1 N–H and O–H groups in total. The summed E-state index contributed by atoms with van der Waals surface area (Å²) in [6.45, 7) is 0.0369. The van der Waals surface area contributed by atoms with E-state index in [-0.39, 0.29) is 12.3 Å². The third kappa shape index (κ3) is 5.32. The summed E-state index contributed by atoms with van der Waals surface area (Å²) in [6.07, 6.45) is 1.39. The van der Waals surface area contributed by atoms with E-state index in [1.165, 1.54) is 30.6 Å². The summed E-state index contributed by atoms with van der Waals surface area (Å²) < 4.78 is 45.0. The Kier molecular flexibility index (Phi) is 5.78. The molecule has 140 valence electrons. The minimum atomic E-state index is -3.58. The summed E-state index contributed by atoms with van der Waals surface area (Å²) in [5.74, 6) is 0.0988. The van der Waals surface area contributed by atoms with E-state index in [0.29, 0.717) is 17.0 Å². The van der Waals surface area contributed by atoms with Gasteiger partial charge in [0.2, 0.25) is 10.0 Å². The van der Waals surface area contributed by atoms with Crippen molar-refractivity contribution in [3.63, 3.8) is 0 Å². The van der Waals surface area contributed by atoms with Crippen molar-refractivity contribution < 1.29 is 17.5 Å². The Labute approximate surface area is 157 Å². The van der Waals surface area contributed by atoms with Crippen LogP contribution in [0.15, 0.2) is 60.9 Å². The van der Waals surface area contributed by atoms with Crippen LogP contribution >= 0.6 is 0 Å². The van der Waals surface area contributed by atoms with E-state index in [1.807, 2.05) is 24.3 Å². The molecule has 0 fully saturated rings. The summed E-state index contributed by atoms with van der Waals surface area (Å²) in [7, 11) is -1.99. The molecular formula is C19H18FN3O3S. The topological polar surface area (TPSA) is 81.2 Å². The van der Waals surface area contributed by atoms with E-state index in [9.17, 15) is 12.8 Å². The van der Waals surface area contributed by atoms with Crippen molar-refractivity contribution >= 4 is 10.0 Å². The van der Waals surface area contributed by atoms with E-state index >= 15 is 0 Å². The van der Waals surface area contributed by atoms with Crippen LogP contribution in [-0.4, -0.2) is 25.5 Å². The van der Waals surface area contributed by atoms with Gasteiger partial charge in [-0.3, -0.25) is 0 Å². The molecule has 0 saturated heterocycles. The fourth-order valence-electron chi connectivity index (χ4n) is 2.45. The van der Waals surface area contributed by atoms with Gasteiger partial charge in [-0.05, 0) is 48.0 Å². The quantitative estimate of drug-likeness (QED) is 0.674. The molecule has 2 aromatic carbocycles. The number of hydrogen-bond donors (Lipinski definition) is 1. The van der Waals surface area contributed by atoms with Crippen LogP contribution in [0.1, 0.15) is 11.3 Å². The number of halogens is 1. The second-order valence-electron chi connectivity index (χ2n) is 5.83. The zero-order chi connectivity index (χ0) is 19.3. The lowest BCUT2D eigenvalue weighted by Gasteiger charge is -2.08. The number of benzene rings is 2. The number of aromatic nitrogens is 2. The minimum Gasteiger partial charge on any atom is -0.497 e. The number of ether oxygens (including phenoxy) is 1. The van der Waals surface area contributed by atoms with Crippen LogP contribution in [-0.2, 0) is 22.3 Å². The first-order valence-electron chi connectivity index (χ1n) is 8.12. The number of nitrogens with one attached hydrogen (secondary N) is 1. The van der Waals surface area contributed by atoms with E-state index in [0.717, 1.165) is 11.3 Å². The summed E-state index contributed by atoms with van der Waals surface area (Å²) >= 11 is 0. The normalized spacial score (nSPS) is 11.3. The smallest absolute Gasteiger partial charge is 0.216 e. The summed E-state index contributed by atoms with van der Waals surface area (Å²) in [6, 6.07) is 14.5. The number of hydrogen-bond acceptors (Lipinski definition) is 5. The van der Waals surface area contributed by atoms with Gasteiger partial charge in [0.15, 0.2) is 0 Å². The molecule has 0 aliphatic carbocycles. The average molecular weight is 387 g/mol. The number of rotatable bonds is 7. The molecule has 0 spiro atoms. The lowest BCUT2D eigenvalue weighted by atomic mass is 10.1. The third-order valence-electron chi connectivity index (χ3n) is 3.85. The Balaban J connectivity index is 1.67. The lowest BCUT2D eigenvalue weighted by Crippen LogP contribution is -2.25. The number of nitrogens with zero attached hydrogens (tertiary/aromatic N) is 2. The maximum Gasteiger partial charge on any atom is 0.216 e. The molecule has 0 unspecified atom stereocenters. The number of sulfonamides is 1. The summed E-state index contributed by atoms with van der Waals surface area (Å²) in [4.78, 5) is 8.33. The van der Waals surface area contributed by atoms with Crippen LogP contribution in [0.5, 0.6) is 5.75 Å². The molecule has 1 aromatic heterocycles.